The van der Waals surface area contributed by atoms with Gasteiger partial charge in [-0.1, -0.05) is 19.8 Å². The topological polar surface area (TPSA) is 18.5 Å². The van der Waals surface area contributed by atoms with Gasteiger partial charge in [0.25, 0.3) is 0 Å². The minimum absolute atomic E-state index is 1.13. The van der Waals surface area contributed by atoms with Crippen molar-refractivity contribution >= 4 is 0 Å². The Balaban J connectivity index is 3.27. The maximum atomic E-state index is 3.20. The van der Waals surface area contributed by atoms with E-state index in [0.717, 1.165) is 6.54 Å². The van der Waals surface area contributed by atoms with Crippen LogP contribution in [0.4, 0.5) is 0 Å². The van der Waals surface area contributed by atoms with E-state index in [1.54, 1.807) is 0 Å². The molecule has 0 aromatic carbocycles. The third kappa shape index (κ3) is 12.3. The zero-order valence-electron chi connectivity index (χ0n) is 13.2. The molecular weight excluding hydrogens is 222 g/mol. The number of hydrogen-bond acceptors (Lipinski definition) is 3. The molecule has 0 aliphatic rings. The highest BCUT2D eigenvalue weighted by molar-refractivity contribution is 4.56. The van der Waals surface area contributed by atoms with Crippen molar-refractivity contribution in [3.8, 4) is 0 Å². The van der Waals surface area contributed by atoms with Crippen LogP contribution in [0, 0.1) is 0 Å². The number of nitrogens with one attached hydrogen (secondary N) is 1. The smallest absolute Gasteiger partial charge is 0.000969 e. The summed E-state index contributed by atoms with van der Waals surface area (Å²) < 4.78 is 0. The van der Waals surface area contributed by atoms with Crippen molar-refractivity contribution in [2.75, 3.05) is 53.9 Å². The molecule has 3 heteroatoms. The van der Waals surface area contributed by atoms with Gasteiger partial charge in [0.15, 0.2) is 0 Å². The normalized spacial score (nSPS) is 11.7. The van der Waals surface area contributed by atoms with E-state index < -0.39 is 0 Å². The molecule has 0 bridgehead atoms. The molecular formula is C15H35N3. The highest BCUT2D eigenvalue weighted by Gasteiger charge is 2.00. The first-order valence-corrected chi connectivity index (χ1v) is 7.72. The second kappa shape index (κ2) is 13.3. The molecule has 0 aromatic heterocycles. The van der Waals surface area contributed by atoms with E-state index in [9.17, 15) is 0 Å². The summed E-state index contributed by atoms with van der Waals surface area (Å²) in [6.07, 6.45) is 7.97. The summed E-state index contributed by atoms with van der Waals surface area (Å²) in [6.45, 7) is 8.38. The average Bonchev–Trinajstić information content (AvgIpc) is 2.35. The van der Waals surface area contributed by atoms with Crippen LogP contribution in [0.1, 0.15) is 45.4 Å². The van der Waals surface area contributed by atoms with Crippen LogP contribution in [0.2, 0.25) is 0 Å². The predicted molar refractivity (Wildman–Crippen MR) is 82.3 cm³/mol. The quantitative estimate of drug-likeness (QED) is 0.511. The summed E-state index contributed by atoms with van der Waals surface area (Å²) in [5.74, 6) is 0. The van der Waals surface area contributed by atoms with Crippen LogP contribution in [-0.4, -0.2) is 63.7 Å². The average molecular weight is 257 g/mol. The summed E-state index contributed by atoms with van der Waals surface area (Å²) in [4.78, 5) is 4.94. The Labute approximate surface area is 115 Å². The standard InChI is InChI=1S/C15H35N3/c1-5-6-7-12-17(3)13-8-9-14-18(4)15-10-11-16-2/h16H,5-15H2,1-4H3. The lowest BCUT2D eigenvalue weighted by Gasteiger charge is -2.19. The molecule has 3 nitrogen and oxygen atoms in total. The molecule has 0 spiro atoms. The van der Waals surface area contributed by atoms with Gasteiger partial charge in [0.05, 0.1) is 0 Å². The fraction of sp³-hybridized carbons (Fsp3) is 1.00. The van der Waals surface area contributed by atoms with Gasteiger partial charge >= 0.3 is 0 Å². The van der Waals surface area contributed by atoms with Gasteiger partial charge in [-0.25, -0.2) is 0 Å². The Kier molecular flexibility index (Phi) is 13.2. The van der Waals surface area contributed by atoms with Crippen molar-refractivity contribution < 1.29 is 0 Å². The third-order valence-corrected chi connectivity index (χ3v) is 3.44. The number of rotatable bonds is 13. The number of hydrogen-bond donors (Lipinski definition) is 1. The molecule has 0 radical (unpaired) electrons. The minimum Gasteiger partial charge on any atom is -0.320 e. The lowest BCUT2D eigenvalue weighted by Crippen LogP contribution is -2.25. The zero-order valence-corrected chi connectivity index (χ0v) is 13.2. The van der Waals surface area contributed by atoms with Gasteiger partial charge in [-0.05, 0) is 79.6 Å². The highest BCUT2D eigenvalue weighted by atomic mass is 15.1. The first-order chi connectivity index (χ1) is 8.70. The van der Waals surface area contributed by atoms with Gasteiger partial charge in [0.2, 0.25) is 0 Å². The summed E-state index contributed by atoms with van der Waals surface area (Å²) in [5, 5.41) is 3.20. The predicted octanol–water partition coefficient (Wildman–Crippen LogP) is 2.43. The SMILES string of the molecule is CCCCCN(C)CCCCN(C)CCCNC. The van der Waals surface area contributed by atoms with E-state index in [4.69, 9.17) is 0 Å². The molecule has 0 unspecified atom stereocenters. The van der Waals surface area contributed by atoms with E-state index in [-0.39, 0.29) is 0 Å². The molecule has 0 saturated carbocycles. The lowest BCUT2D eigenvalue weighted by atomic mass is 10.2. The van der Waals surface area contributed by atoms with Crippen LogP contribution >= 0.6 is 0 Å². The van der Waals surface area contributed by atoms with E-state index in [0.29, 0.717) is 0 Å². The molecule has 0 aromatic rings. The van der Waals surface area contributed by atoms with Gasteiger partial charge in [-0.2, -0.15) is 0 Å². The van der Waals surface area contributed by atoms with Crippen molar-refractivity contribution in [1.82, 2.24) is 15.1 Å². The first kappa shape index (κ1) is 17.9. The summed E-state index contributed by atoms with van der Waals surface area (Å²) >= 11 is 0. The van der Waals surface area contributed by atoms with Crippen LogP contribution in [0.5, 0.6) is 0 Å². The second-order valence-electron chi connectivity index (χ2n) is 5.48. The summed E-state index contributed by atoms with van der Waals surface area (Å²) in [5.41, 5.74) is 0. The molecule has 18 heavy (non-hydrogen) atoms. The first-order valence-electron chi connectivity index (χ1n) is 7.72. The second-order valence-corrected chi connectivity index (χ2v) is 5.48. The number of unbranched alkanes of at least 4 members (excludes halogenated alkanes) is 3. The lowest BCUT2D eigenvalue weighted by molar-refractivity contribution is 0.287. The van der Waals surface area contributed by atoms with Gasteiger partial charge in [-0.3, -0.25) is 0 Å². The van der Waals surface area contributed by atoms with Crippen LogP contribution in [0.25, 0.3) is 0 Å². The molecule has 0 aliphatic heterocycles. The van der Waals surface area contributed by atoms with Crippen LogP contribution < -0.4 is 5.32 Å². The Bertz CT molecular complexity index is 144. The van der Waals surface area contributed by atoms with Crippen LogP contribution in [0.3, 0.4) is 0 Å². The fourth-order valence-electron chi connectivity index (χ4n) is 2.14. The van der Waals surface area contributed by atoms with E-state index in [2.05, 4.69) is 36.1 Å². The maximum Gasteiger partial charge on any atom is -0.000969 e. The number of nitrogens with zero attached hydrogens (tertiary/aromatic N) is 2. The van der Waals surface area contributed by atoms with Crippen molar-refractivity contribution in [2.24, 2.45) is 0 Å². The van der Waals surface area contributed by atoms with E-state index in [1.165, 1.54) is 64.7 Å². The zero-order chi connectivity index (χ0) is 13.6. The van der Waals surface area contributed by atoms with E-state index >= 15 is 0 Å². The molecule has 0 fully saturated rings. The van der Waals surface area contributed by atoms with Crippen molar-refractivity contribution in [3.63, 3.8) is 0 Å². The molecule has 0 aliphatic carbocycles. The Morgan fingerprint density at radius 3 is 1.61 bits per heavy atom. The van der Waals surface area contributed by atoms with Crippen molar-refractivity contribution in [2.45, 2.75) is 45.4 Å². The molecule has 0 saturated heterocycles. The molecule has 0 heterocycles. The van der Waals surface area contributed by atoms with Crippen molar-refractivity contribution in [1.29, 1.82) is 0 Å². The summed E-state index contributed by atoms with van der Waals surface area (Å²) in [6, 6.07) is 0. The van der Waals surface area contributed by atoms with Gasteiger partial charge in [0.1, 0.15) is 0 Å². The van der Waals surface area contributed by atoms with Gasteiger partial charge in [-0.15, -0.1) is 0 Å². The van der Waals surface area contributed by atoms with Crippen molar-refractivity contribution in [3.05, 3.63) is 0 Å². The molecule has 0 rings (SSSR count). The van der Waals surface area contributed by atoms with Crippen LogP contribution in [0.15, 0.2) is 0 Å². The van der Waals surface area contributed by atoms with Gasteiger partial charge < -0.3 is 15.1 Å². The summed E-state index contributed by atoms with van der Waals surface area (Å²) in [7, 11) is 6.52. The maximum absolute atomic E-state index is 3.20. The van der Waals surface area contributed by atoms with E-state index in [1.807, 2.05) is 7.05 Å². The fourth-order valence-corrected chi connectivity index (χ4v) is 2.14. The highest BCUT2D eigenvalue weighted by Crippen LogP contribution is 2.00. The Morgan fingerprint density at radius 2 is 1.17 bits per heavy atom. The minimum atomic E-state index is 1.13. The Hall–Kier alpha value is -0.120. The monoisotopic (exact) mass is 257 g/mol. The molecule has 1 N–H and O–H groups in total. The third-order valence-electron chi connectivity index (χ3n) is 3.44. The van der Waals surface area contributed by atoms with Crippen LogP contribution in [-0.2, 0) is 0 Å². The molecule has 0 atom stereocenters. The molecule has 0 amide bonds. The molecule has 110 valence electrons. The van der Waals surface area contributed by atoms with Gasteiger partial charge in [0, 0.05) is 0 Å². The Morgan fingerprint density at radius 1 is 0.722 bits per heavy atom. The largest absolute Gasteiger partial charge is 0.320 e.